The number of likely N-dealkylation sites (N-methyl/N-ethyl adjacent to an activating group) is 1. The molecule has 0 radical (unpaired) electrons. The molecule has 2 heterocycles. The van der Waals surface area contributed by atoms with Crippen LogP contribution < -0.4 is 0 Å². The van der Waals surface area contributed by atoms with Gasteiger partial charge in [0.15, 0.2) is 0 Å². The second-order valence-electron chi connectivity index (χ2n) is 7.30. The lowest BCUT2D eigenvalue weighted by atomic mass is 10.1. The fourth-order valence-electron chi connectivity index (χ4n) is 4.09. The van der Waals surface area contributed by atoms with E-state index in [0.29, 0.717) is 0 Å². The van der Waals surface area contributed by atoms with Crippen molar-refractivity contribution in [2.75, 3.05) is 20.1 Å². The smallest absolute Gasteiger partial charge is 0.123 e. The minimum absolute atomic E-state index is 0.202. The third kappa shape index (κ3) is 3.54. The minimum atomic E-state index is -0.202. The zero-order valence-electron chi connectivity index (χ0n) is 15.8. The number of nitrogens with zero attached hydrogens (tertiary/aromatic N) is 2. The third-order valence-electron chi connectivity index (χ3n) is 5.61. The van der Waals surface area contributed by atoms with Gasteiger partial charge in [0.1, 0.15) is 5.82 Å². The molecule has 3 aromatic rings. The number of hydrogen-bond donors (Lipinski definition) is 0. The van der Waals surface area contributed by atoms with Gasteiger partial charge in [-0.05, 0) is 67.4 Å². The monoisotopic (exact) mass is 382 g/mol. The van der Waals surface area contributed by atoms with Crippen molar-refractivity contribution < 1.29 is 4.39 Å². The molecular weight excluding hydrogens is 359 g/mol. The van der Waals surface area contributed by atoms with E-state index in [4.69, 9.17) is 11.6 Å². The van der Waals surface area contributed by atoms with Gasteiger partial charge in [0.25, 0.3) is 0 Å². The molecule has 0 saturated carbocycles. The third-order valence-corrected chi connectivity index (χ3v) is 5.85. The largest absolute Gasteiger partial charge is 0.340 e. The second kappa shape index (κ2) is 7.49. The van der Waals surface area contributed by atoms with Crippen molar-refractivity contribution in [2.24, 2.45) is 0 Å². The molecule has 0 unspecified atom stereocenters. The number of rotatable bonds is 3. The van der Waals surface area contributed by atoms with Gasteiger partial charge >= 0.3 is 0 Å². The topological polar surface area (TPSA) is 8.17 Å². The Balaban J connectivity index is 1.82. The second-order valence-corrected chi connectivity index (χ2v) is 7.73. The number of fused-ring (bicyclic) bond motifs is 3. The molecular formula is C23H24ClFN2. The van der Waals surface area contributed by atoms with E-state index in [2.05, 4.69) is 34.7 Å². The number of halogens is 2. The summed E-state index contributed by atoms with van der Waals surface area (Å²) in [5.74, 6) is -0.202. The minimum Gasteiger partial charge on any atom is -0.340 e. The average molecular weight is 383 g/mol. The summed E-state index contributed by atoms with van der Waals surface area (Å²) >= 11 is 6.32. The van der Waals surface area contributed by atoms with E-state index in [9.17, 15) is 4.39 Å². The van der Waals surface area contributed by atoms with Gasteiger partial charge in [-0.1, -0.05) is 29.8 Å². The molecule has 1 aliphatic rings. The molecule has 27 heavy (non-hydrogen) atoms. The summed E-state index contributed by atoms with van der Waals surface area (Å²) in [6, 6.07) is 13.0. The molecule has 140 valence electrons. The highest BCUT2D eigenvalue weighted by Gasteiger charge is 2.21. The Kier molecular flexibility index (Phi) is 5.07. The van der Waals surface area contributed by atoms with Crippen molar-refractivity contribution in [3.8, 4) is 0 Å². The van der Waals surface area contributed by atoms with Crippen LogP contribution in [0.5, 0.6) is 0 Å². The first-order valence-electron chi connectivity index (χ1n) is 9.46. The molecule has 0 amide bonds. The summed E-state index contributed by atoms with van der Waals surface area (Å²) in [4.78, 5) is 2.39. The first-order valence-corrected chi connectivity index (χ1v) is 9.84. The highest BCUT2D eigenvalue weighted by atomic mass is 35.5. The Morgan fingerprint density at radius 1 is 1.11 bits per heavy atom. The molecule has 2 nitrogen and oxygen atoms in total. The van der Waals surface area contributed by atoms with Gasteiger partial charge in [0, 0.05) is 47.7 Å². The van der Waals surface area contributed by atoms with Crippen LogP contribution in [0.2, 0.25) is 5.02 Å². The molecule has 4 rings (SSSR count). The van der Waals surface area contributed by atoms with E-state index in [1.165, 1.54) is 39.9 Å². The highest BCUT2D eigenvalue weighted by molar-refractivity contribution is 6.31. The van der Waals surface area contributed by atoms with Crippen LogP contribution >= 0.6 is 11.6 Å². The summed E-state index contributed by atoms with van der Waals surface area (Å²) in [5.41, 5.74) is 6.32. The maximum Gasteiger partial charge on any atom is 0.123 e. The van der Waals surface area contributed by atoms with Gasteiger partial charge in [0.2, 0.25) is 0 Å². The molecule has 0 spiro atoms. The standard InChI is InChI=1S/C23H24ClFN2/c1-3-16(17-4-7-19(25)8-5-17)15-27-22-9-6-18(24)14-21(22)20-10-12-26(2)13-11-23(20)27/h3-9,14H,10-13,15H2,1-2H3/b16-3-. The SMILES string of the molecule is C/C=C(/Cn1c2c(c3cc(Cl)ccc31)CCN(C)CC2)c1ccc(F)cc1. The predicted octanol–water partition coefficient (Wildman–Crippen LogP) is 5.57. The van der Waals surface area contributed by atoms with Crippen LogP contribution in [-0.2, 0) is 19.4 Å². The molecule has 0 N–H and O–H groups in total. The molecule has 4 heteroatoms. The Hall–Kier alpha value is -2.10. The summed E-state index contributed by atoms with van der Waals surface area (Å²) in [6.45, 7) is 4.94. The Morgan fingerprint density at radius 2 is 1.85 bits per heavy atom. The Labute approximate surface area is 164 Å². The Bertz CT molecular complexity index is 1000. The summed E-state index contributed by atoms with van der Waals surface area (Å²) in [7, 11) is 2.18. The van der Waals surface area contributed by atoms with E-state index in [1.54, 1.807) is 0 Å². The van der Waals surface area contributed by atoms with Crippen LogP contribution in [-0.4, -0.2) is 29.6 Å². The quantitative estimate of drug-likeness (QED) is 0.575. The van der Waals surface area contributed by atoms with Crippen molar-refractivity contribution in [1.82, 2.24) is 9.47 Å². The molecule has 0 fully saturated rings. The molecule has 2 aromatic carbocycles. The number of aromatic nitrogens is 1. The van der Waals surface area contributed by atoms with Crippen LogP contribution in [0.3, 0.4) is 0 Å². The molecule has 0 bridgehead atoms. The van der Waals surface area contributed by atoms with Crippen LogP contribution in [0.25, 0.3) is 16.5 Å². The average Bonchev–Trinajstić information content (AvgIpc) is 2.80. The van der Waals surface area contributed by atoms with Gasteiger partial charge < -0.3 is 9.47 Å². The van der Waals surface area contributed by atoms with E-state index in [1.807, 2.05) is 25.1 Å². The van der Waals surface area contributed by atoms with Crippen molar-refractivity contribution in [2.45, 2.75) is 26.3 Å². The van der Waals surface area contributed by atoms with Crippen LogP contribution in [0.1, 0.15) is 23.7 Å². The lowest BCUT2D eigenvalue weighted by molar-refractivity contribution is 0.351. The van der Waals surface area contributed by atoms with Crippen molar-refractivity contribution in [1.29, 1.82) is 0 Å². The van der Waals surface area contributed by atoms with Crippen molar-refractivity contribution in [3.63, 3.8) is 0 Å². The lowest BCUT2D eigenvalue weighted by Crippen LogP contribution is -2.21. The lowest BCUT2D eigenvalue weighted by Gasteiger charge is -2.16. The van der Waals surface area contributed by atoms with Gasteiger partial charge in [-0.25, -0.2) is 4.39 Å². The molecule has 1 aromatic heterocycles. The zero-order chi connectivity index (χ0) is 19.0. The molecule has 0 atom stereocenters. The van der Waals surface area contributed by atoms with Crippen LogP contribution in [0.4, 0.5) is 4.39 Å². The molecule has 1 aliphatic heterocycles. The van der Waals surface area contributed by atoms with Gasteiger partial charge in [-0.2, -0.15) is 0 Å². The van der Waals surface area contributed by atoms with Crippen LogP contribution in [0, 0.1) is 5.82 Å². The summed E-state index contributed by atoms with van der Waals surface area (Å²) < 4.78 is 15.8. The number of benzene rings is 2. The van der Waals surface area contributed by atoms with E-state index < -0.39 is 0 Å². The van der Waals surface area contributed by atoms with E-state index in [-0.39, 0.29) is 5.82 Å². The normalized spacial score (nSPS) is 15.8. The number of allylic oxidation sites excluding steroid dienone is 2. The molecule has 0 aliphatic carbocycles. The Morgan fingerprint density at radius 3 is 2.59 bits per heavy atom. The predicted molar refractivity (Wildman–Crippen MR) is 112 cm³/mol. The summed E-state index contributed by atoms with van der Waals surface area (Å²) in [6.07, 6.45) is 4.19. The van der Waals surface area contributed by atoms with Gasteiger partial charge in [-0.3, -0.25) is 0 Å². The fraction of sp³-hybridized carbons (Fsp3) is 0.304. The maximum absolute atomic E-state index is 13.3. The highest BCUT2D eigenvalue weighted by Crippen LogP contribution is 2.33. The number of hydrogen-bond acceptors (Lipinski definition) is 1. The van der Waals surface area contributed by atoms with Gasteiger partial charge in [0.05, 0.1) is 0 Å². The fourth-order valence-corrected chi connectivity index (χ4v) is 4.26. The zero-order valence-corrected chi connectivity index (χ0v) is 16.6. The van der Waals surface area contributed by atoms with Gasteiger partial charge in [-0.15, -0.1) is 0 Å². The van der Waals surface area contributed by atoms with Crippen molar-refractivity contribution in [3.05, 3.63) is 76.2 Å². The summed E-state index contributed by atoms with van der Waals surface area (Å²) in [5, 5.41) is 2.05. The molecule has 0 saturated heterocycles. The van der Waals surface area contributed by atoms with Crippen LogP contribution in [0.15, 0.2) is 48.5 Å². The first-order chi connectivity index (χ1) is 13.1. The van der Waals surface area contributed by atoms with E-state index >= 15 is 0 Å². The first kappa shape index (κ1) is 18.3. The van der Waals surface area contributed by atoms with E-state index in [0.717, 1.165) is 43.1 Å². The maximum atomic E-state index is 13.3. The van der Waals surface area contributed by atoms with Crippen molar-refractivity contribution >= 4 is 28.1 Å².